The maximum atomic E-state index is 11.9. The summed E-state index contributed by atoms with van der Waals surface area (Å²) in [6.07, 6.45) is 3.93. The molecule has 116 valence electrons. The average Bonchev–Trinajstić information content (AvgIpc) is 2.54. The van der Waals surface area contributed by atoms with E-state index >= 15 is 0 Å². The van der Waals surface area contributed by atoms with Crippen molar-refractivity contribution < 1.29 is 14.6 Å². The molecule has 1 atom stereocenters. The van der Waals surface area contributed by atoms with Crippen molar-refractivity contribution in [1.82, 2.24) is 10.3 Å². The minimum Gasteiger partial charge on any atom is -0.484 e. The highest BCUT2D eigenvalue weighted by Gasteiger charge is 2.12. The van der Waals surface area contributed by atoms with Crippen LogP contribution < -0.4 is 10.1 Å². The van der Waals surface area contributed by atoms with Gasteiger partial charge < -0.3 is 15.2 Å². The number of benzene rings is 1. The van der Waals surface area contributed by atoms with Gasteiger partial charge in [-0.1, -0.05) is 6.07 Å². The zero-order valence-corrected chi connectivity index (χ0v) is 14.1. The van der Waals surface area contributed by atoms with Crippen LogP contribution in [0.2, 0.25) is 0 Å². The second kappa shape index (κ2) is 8.70. The number of aliphatic hydroxyl groups is 1. The summed E-state index contributed by atoms with van der Waals surface area (Å²) in [4.78, 5) is 15.9. The molecule has 1 aromatic heterocycles. The molecule has 0 bridgehead atoms. The number of rotatable bonds is 7. The number of hydrogen-bond donors (Lipinski definition) is 2. The number of halogens is 1. The molecule has 0 spiro atoms. The van der Waals surface area contributed by atoms with E-state index in [4.69, 9.17) is 4.74 Å². The zero-order valence-electron chi connectivity index (χ0n) is 11.9. The molecule has 2 aromatic rings. The van der Waals surface area contributed by atoms with Gasteiger partial charge >= 0.3 is 0 Å². The van der Waals surface area contributed by atoms with E-state index in [0.29, 0.717) is 12.2 Å². The molecule has 2 N–H and O–H groups in total. The second-order valence-electron chi connectivity index (χ2n) is 4.76. The van der Waals surface area contributed by atoms with Gasteiger partial charge in [-0.3, -0.25) is 9.78 Å². The second-order valence-corrected chi connectivity index (χ2v) is 6.00. The highest BCUT2D eigenvalue weighted by atomic mass is 127. The van der Waals surface area contributed by atoms with Crippen molar-refractivity contribution in [1.29, 1.82) is 0 Å². The fraction of sp³-hybridized carbons (Fsp3) is 0.250. The molecule has 0 unspecified atom stereocenters. The molecule has 0 saturated heterocycles. The summed E-state index contributed by atoms with van der Waals surface area (Å²) in [5.74, 6) is 0.380. The van der Waals surface area contributed by atoms with E-state index in [-0.39, 0.29) is 25.2 Å². The van der Waals surface area contributed by atoms with Gasteiger partial charge in [0.1, 0.15) is 5.75 Å². The quantitative estimate of drug-likeness (QED) is 0.681. The van der Waals surface area contributed by atoms with Gasteiger partial charge in [0.25, 0.3) is 5.91 Å². The molecule has 2 rings (SSSR count). The summed E-state index contributed by atoms with van der Waals surface area (Å²) in [7, 11) is 0. The van der Waals surface area contributed by atoms with Crippen LogP contribution in [0.5, 0.6) is 5.75 Å². The molecular formula is C16H17IN2O3. The molecule has 0 fully saturated rings. The first kappa shape index (κ1) is 16.7. The molecule has 1 heterocycles. The lowest BCUT2D eigenvalue weighted by Gasteiger charge is -2.16. The van der Waals surface area contributed by atoms with E-state index in [1.165, 1.54) is 0 Å². The molecule has 0 radical (unpaired) electrons. The molecule has 0 aliphatic carbocycles. The van der Waals surface area contributed by atoms with Crippen LogP contribution in [0.25, 0.3) is 0 Å². The smallest absolute Gasteiger partial charge is 0.258 e. The molecule has 0 aliphatic heterocycles. The lowest BCUT2D eigenvalue weighted by Crippen LogP contribution is -2.41. The monoisotopic (exact) mass is 412 g/mol. The Labute approximate surface area is 142 Å². The van der Waals surface area contributed by atoms with Crippen molar-refractivity contribution in [2.75, 3.05) is 13.2 Å². The molecule has 6 heteroatoms. The van der Waals surface area contributed by atoms with Crippen molar-refractivity contribution in [2.24, 2.45) is 0 Å². The summed E-state index contributed by atoms with van der Waals surface area (Å²) in [6.45, 7) is -0.214. The fourth-order valence-corrected chi connectivity index (χ4v) is 2.27. The van der Waals surface area contributed by atoms with Crippen molar-refractivity contribution in [2.45, 2.75) is 12.5 Å². The maximum absolute atomic E-state index is 11.9. The summed E-state index contributed by atoms with van der Waals surface area (Å²) in [5, 5.41) is 12.1. The Balaban J connectivity index is 1.80. The Morgan fingerprint density at radius 1 is 1.32 bits per heavy atom. The Kier molecular flexibility index (Phi) is 6.60. The van der Waals surface area contributed by atoms with E-state index in [1.54, 1.807) is 12.4 Å². The number of carbonyl (C=O) groups is 1. The molecule has 1 aromatic carbocycles. The van der Waals surface area contributed by atoms with Crippen LogP contribution in [0.3, 0.4) is 0 Å². The third-order valence-electron chi connectivity index (χ3n) is 2.97. The molecule has 0 saturated carbocycles. The number of aliphatic hydroxyl groups excluding tert-OH is 1. The van der Waals surface area contributed by atoms with E-state index in [2.05, 4.69) is 32.9 Å². The SMILES string of the molecule is O=C(COc1ccc(I)cc1)N[C@@H](CO)Cc1cccnc1. The maximum Gasteiger partial charge on any atom is 0.258 e. The zero-order chi connectivity index (χ0) is 15.8. The summed E-state index contributed by atoms with van der Waals surface area (Å²) >= 11 is 2.20. The third kappa shape index (κ3) is 5.61. The molecular weight excluding hydrogens is 395 g/mol. The molecule has 1 amide bonds. The van der Waals surface area contributed by atoms with E-state index in [0.717, 1.165) is 9.13 Å². The lowest BCUT2D eigenvalue weighted by molar-refractivity contribution is -0.124. The van der Waals surface area contributed by atoms with Crippen LogP contribution in [-0.2, 0) is 11.2 Å². The van der Waals surface area contributed by atoms with Gasteiger partial charge in [0.15, 0.2) is 6.61 Å². The summed E-state index contributed by atoms with van der Waals surface area (Å²) in [5.41, 5.74) is 0.959. The van der Waals surface area contributed by atoms with Crippen molar-refractivity contribution in [3.8, 4) is 5.75 Å². The lowest BCUT2D eigenvalue weighted by atomic mass is 10.1. The number of hydrogen-bond acceptors (Lipinski definition) is 4. The largest absolute Gasteiger partial charge is 0.484 e. The number of nitrogens with one attached hydrogen (secondary N) is 1. The normalized spacial score (nSPS) is 11.7. The highest BCUT2D eigenvalue weighted by molar-refractivity contribution is 14.1. The van der Waals surface area contributed by atoms with Gasteiger partial charge in [-0.05, 0) is 64.9 Å². The number of aromatic nitrogens is 1. The topological polar surface area (TPSA) is 71.5 Å². The van der Waals surface area contributed by atoms with E-state index in [9.17, 15) is 9.90 Å². The minimum atomic E-state index is -0.350. The van der Waals surface area contributed by atoms with E-state index < -0.39 is 0 Å². The Bertz CT molecular complexity index is 590. The third-order valence-corrected chi connectivity index (χ3v) is 3.69. The Morgan fingerprint density at radius 3 is 2.73 bits per heavy atom. The van der Waals surface area contributed by atoms with Crippen molar-refractivity contribution in [3.63, 3.8) is 0 Å². The van der Waals surface area contributed by atoms with Crippen LogP contribution in [0, 0.1) is 3.57 Å². The molecule has 0 aliphatic rings. The van der Waals surface area contributed by atoms with Gasteiger partial charge in [0.05, 0.1) is 12.6 Å². The van der Waals surface area contributed by atoms with Crippen LogP contribution in [-0.4, -0.2) is 35.3 Å². The first-order valence-electron chi connectivity index (χ1n) is 6.85. The predicted molar refractivity (Wildman–Crippen MR) is 91.6 cm³/mol. The number of ether oxygens (including phenoxy) is 1. The average molecular weight is 412 g/mol. The van der Waals surface area contributed by atoms with Crippen molar-refractivity contribution in [3.05, 3.63) is 57.9 Å². The van der Waals surface area contributed by atoms with Gasteiger partial charge in [0.2, 0.25) is 0 Å². The number of pyridine rings is 1. The van der Waals surface area contributed by atoms with E-state index in [1.807, 2.05) is 36.4 Å². The summed E-state index contributed by atoms with van der Waals surface area (Å²) in [6, 6.07) is 10.8. The Morgan fingerprint density at radius 2 is 2.09 bits per heavy atom. The molecule has 22 heavy (non-hydrogen) atoms. The van der Waals surface area contributed by atoms with Gasteiger partial charge in [-0.2, -0.15) is 0 Å². The van der Waals surface area contributed by atoms with Crippen LogP contribution in [0.1, 0.15) is 5.56 Å². The predicted octanol–water partition coefficient (Wildman–Crippen LogP) is 1.78. The van der Waals surface area contributed by atoms with Gasteiger partial charge in [-0.25, -0.2) is 0 Å². The standard InChI is InChI=1S/C16H17IN2O3/c17-13-3-5-15(6-4-13)22-11-16(21)19-14(10-20)8-12-2-1-7-18-9-12/h1-7,9,14,20H,8,10-11H2,(H,19,21)/t14-/m1/s1. The van der Waals surface area contributed by atoms with Crippen LogP contribution in [0.4, 0.5) is 0 Å². The first-order valence-corrected chi connectivity index (χ1v) is 7.92. The Hall–Kier alpha value is -1.67. The number of nitrogens with zero attached hydrogens (tertiary/aromatic N) is 1. The van der Waals surface area contributed by atoms with Crippen LogP contribution in [0.15, 0.2) is 48.8 Å². The van der Waals surface area contributed by atoms with Crippen molar-refractivity contribution >= 4 is 28.5 Å². The summed E-state index contributed by atoms with van der Waals surface area (Å²) < 4.78 is 6.51. The van der Waals surface area contributed by atoms with Gasteiger partial charge in [0, 0.05) is 16.0 Å². The molecule has 5 nitrogen and oxygen atoms in total. The number of carbonyl (C=O) groups excluding carboxylic acids is 1. The van der Waals surface area contributed by atoms with Gasteiger partial charge in [-0.15, -0.1) is 0 Å². The number of amides is 1. The fourth-order valence-electron chi connectivity index (χ4n) is 1.91. The first-order chi connectivity index (χ1) is 10.7. The minimum absolute atomic E-state index is 0.0792. The van der Waals surface area contributed by atoms with Crippen LogP contribution >= 0.6 is 22.6 Å². The highest BCUT2D eigenvalue weighted by Crippen LogP contribution is 2.13.